The Hall–Kier alpha value is -2.91. The quantitative estimate of drug-likeness (QED) is 0.0206. The molecule has 0 saturated carbocycles. The van der Waals surface area contributed by atoms with Crippen LogP contribution in [0.3, 0.4) is 0 Å². The summed E-state index contributed by atoms with van der Waals surface area (Å²) in [5.41, 5.74) is 0. The Morgan fingerprint density at radius 2 is 1.07 bits per heavy atom. The van der Waals surface area contributed by atoms with Crippen LogP contribution < -0.4 is 0 Å². The SMILES string of the molecule is CC/C=C\C/C=C\C/C=C\C/C=C\CCCCCCC(=O)OC(COC(=O)CCCCCCC/C=C\C/C=C\CCCC)COC1OC(CS(=O)(=O)O)C(O)C(O)C1O. The van der Waals surface area contributed by atoms with E-state index in [2.05, 4.69) is 86.8 Å². The van der Waals surface area contributed by atoms with Gasteiger partial charge in [-0.05, 0) is 77.0 Å². The minimum absolute atomic E-state index is 0.129. The first kappa shape index (κ1) is 54.1. The van der Waals surface area contributed by atoms with Crippen LogP contribution in [0.25, 0.3) is 0 Å². The van der Waals surface area contributed by atoms with Crippen molar-refractivity contribution in [3.8, 4) is 0 Å². The Morgan fingerprint density at radius 1 is 0.593 bits per heavy atom. The highest BCUT2D eigenvalue weighted by Gasteiger charge is 2.46. The summed E-state index contributed by atoms with van der Waals surface area (Å²) in [4.78, 5) is 25.4. The van der Waals surface area contributed by atoms with Gasteiger partial charge in [-0.1, -0.05) is 132 Å². The molecule has 0 aromatic heterocycles. The number of hydrogen-bond donors (Lipinski definition) is 4. The van der Waals surface area contributed by atoms with Gasteiger partial charge in [0.1, 0.15) is 36.8 Å². The normalized spacial score (nSPS) is 20.9. The van der Waals surface area contributed by atoms with Crippen molar-refractivity contribution < 1.29 is 56.8 Å². The molecule has 6 unspecified atom stereocenters. The second-order valence-electron chi connectivity index (χ2n) is 15.0. The second kappa shape index (κ2) is 35.8. The van der Waals surface area contributed by atoms with Gasteiger partial charge in [0.05, 0.1) is 6.61 Å². The summed E-state index contributed by atoms with van der Waals surface area (Å²) in [7, 11) is -4.61. The fraction of sp³-hybridized carbons (Fsp3) is 0.696. The first-order chi connectivity index (χ1) is 28.5. The lowest BCUT2D eigenvalue weighted by Gasteiger charge is -2.40. The topological polar surface area (TPSA) is 186 Å². The van der Waals surface area contributed by atoms with Crippen molar-refractivity contribution in [3.05, 3.63) is 72.9 Å². The van der Waals surface area contributed by atoms with Crippen LogP contribution in [0, 0.1) is 0 Å². The third-order valence-corrected chi connectivity index (χ3v) is 10.3. The van der Waals surface area contributed by atoms with Gasteiger partial charge in [0, 0.05) is 12.8 Å². The smallest absolute Gasteiger partial charge is 0.306 e. The molecule has 0 bridgehead atoms. The van der Waals surface area contributed by atoms with E-state index in [0.29, 0.717) is 12.8 Å². The molecule has 1 rings (SSSR count). The van der Waals surface area contributed by atoms with Crippen LogP contribution >= 0.6 is 0 Å². The van der Waals surface area contributed by atoms with Crippen LogP contribution in [-0.2, 0) is 38.7 Å². The summed E-state index contributed by atoms with van der Waals surface area (Å²) >= 11 is 0. The van der Waals surface area contributed by atoms with Crippen molar-refractivity contribution in [1.82, 2.24) is 0 Å². The molecule has 12 nitrogen and oxygen atoms in total. The highest BCUT2D eigenvalue weighted by Crippen LogP contribution is 2.24. The van der Waals surface area contributed by atoms with Crippen LogP contribution in [0.15, 0.2) is 72.9 Å². The monoisotopic (exact) mass is 853 g/mol. The molecule has 0 spiro atoms. The van der Waals surface area contributed by atoms with Crippen LogP contribution in [-0.4, -0.2) is 96.0 Å². The summed E-state index contributed by atoms with van der Waals surface area (Å²) in [5, 5.41) is 30.9. The number of hydrogen-bond acceptors (Lipinski definition) is 11. The predicted octanol–water partition coefficient (Wildman–Crippen LogP) is 8.72. The van der Waals surface area contributed by atoms with E-state index in [0.717, 1.165) is 96.3 Å². The Kier molecular flexibility index (Phi) is 32.8. The van der Waals surface area contributed by atoms with Gasteiger partial charge in [-0.3, -0.25) is 14.1 Å². The third kappa shape index (κ3) is 30.7. The summed E-state index contributed by atoms with van der Waals surface area (Å²) < 4.78 is 54.0. The number of unbranched alkanes of at least 4 members (excludes halogenated alkanes) is 11. The lowest BCUT2D eigenvalue weighted by Crippen LogP contribution is -2.60. The van der Waals surface area contributed by atoms with Gasteiger partial charge < -0.3 is 34.3 Å². The highest BCUT2D eigenvalue weighted by atomic mass is 32.2. The number of esters is 2. The van der Waals surface area contributed by atoms with E-state index in [9.17, 15) is 37.9 Å². The van der Waals surface area contributed by atoms with Gasteiger partial charge >= 0.3 is 11.9 Å². The summed E-state index contributed by atoms with van der Waals surface area (Å²) in [5.74, 6) is -2.04. The number of carbonyl (C=O) groups excluding carboxylic acids is 2. The Bertz CT molecular complexity index is 1370. The van der Waals surface area contributed by atoms with Gasteiger partial charge in [-0.2, -0.15) is 8.42 Å². The highest BCUT2D eigenvalue weighted by molar-refractivity contribution is 7.85. The van der Waals surface area contributed by atoms with Crippen LogP contribution in [0.5, 0.6) is 0 Å². The van der Waals surface area contributed by atoms with Gasteiger partial charge in [-0.15, -0.1) is 0 Å². The molecule has 4 N–H and O–H groups in total. The zero-order valence-electron chi connectivity index (χ0n) is 35.8. The second-order valence-corrected chi connectivity index (χ2v) is 16.5. The van der Waals surface area contributed by atoms with Gasteiger partial charge in [0.2, 0.25) is 0 Å². The van der Waals surface area contributed by atoms with E-state index in [-0.39, 0.29) is 19.4 Å². The van der Waals surface area contributed by atoms with Gasteiger partial charge in [-0.25, -0.2) is 0 Å². The molecule has 1 fully saturated rings. The molecule has 1 saturated heterocycles. The molecule has 0 amide bonds. The van der Waals surface area contributed by atoms with E-state index >= 15 is 0 Å². The van der Waals surface area contributed by atoms with Crippen molar-refractivity contribution in [2.45, 2.75) is 185 Å². The van der Waals surface area contributed by atoms with E-state index < -0.39 is 71.2 Å². The molecule has 1 aliphatic rings. The lowest BCUT2D eigenvalue weighted by atomic mass is 10.00. The van der Waals surface area contributed by atoms with Crippen molar-refractivity contribution in [3.63, 3.8) is 0 Å². The first-order valence-electron chi connectivity index (χ1n) is 22.0. The molecule has 0 aromatic carbocycles. The van der Waals surface area contributed by atoms with Crippen LogP contribution in [0.1, 0.15) is 149 Å². The van der Waals surface area contributed by atoms with Crippen LogP contribution in [0.4, 0.5) is 0 Å². The Labute approximate surface area is 355 Å². The molecule has 59 heavy (non-hydrogen) atoms. The maximum absolute atomic E-state index is 12.8. The summed E-state index contributed by atoms with van der Waals surface area (Å²) in [6, 6.07) is 0. The minimum Gasteiger partial charge on any atom is -0.462 e. The lowest BCUT2D eigenvalue weighted by molar-refractivity contribution is -0.297. The standard InChI is InChI=1S/C46H76O12S/c1-3-5-7-9-11-13-15-17-19-20-21-23-25-27-29-31-33-35-42(48)57-39(37-56-46-45(51)44(50)43(49)40(58-46)38-59(52,53)54)36-55-41(47)34-32-30-28-26-24-22-18-16-14-12-10-8-6-4-2/h5,7,10-13,16-19,21,23,39-40,43-46,49-51H,3-4,6,8-9,14-15,20,22,24-38H2,1-2H3,(H,52,53,54)/b7-5-,12-10-,13-11-,18-16-,19-17-,23-21-. The van der Waals surface area contributed by atoms with Gasteiger partial charge in [0.15, 0.2) is 12.4 Å². The maximum Gasteiger partial charge on any atom is 0.306 e. The number of aliphatic hydroxyl groups is 3. The molecular weight excluding hydrogens is 777 g/mol. The molecular formula is C46H76O12S. The van der Waals surface area contributed by atoms with E-state index in [4.69, 9.17) is 18.9 Å². The molecule has 338 valence electrons. The molecule has 0 radical (unpaired) electrons. The van der Waals surface area contributed by atoms with Crippen molar-refractivity contribution in [2.75, 3.05) is 19.0 Å². The zero-order chi connectivity index (χ0) is 43.4. The van der Waals surface area contributed by atoms with E-state index in [1.54, 1.807) is 0 Å². The zero-order valence-corrected chi connectivity index (χ0v) is 36.6. The number of allylic oxidation sites excluding steroid dienone is 12. The summed E-state index contributed by atoms with van der Waals surface area (Å²) in [6.07, 6.45) is 35.1. The fourth-order valence-electron chi connectivity index (χ4n) is 6.09. The average molecular weight is 853 g/mol. The molecule has 13 heteroatoms. The summed E-state index contributed by atoms with van der Waals surface area (Å²) in [6.45, 7) is 3.55. The number of aliphatic hydroxyl groups excluding tert-OH is 3. The third-order valence-electron chi connectivity index (χ3n) is 9.52. The Balaban J connectivity index is 2.50. The fourth-order valence-corrected chi connectivity index (χ4v) is 6.78. The van der Waals surface area contributed by atoms with Crippen LogP contribution in [0.2, 0.25) is 0 Å². The number of rotatable bonds is 35. The molecule has 1 heterocycles. The van der Waals surface area contributed by atoms with Crippen molar-refractivity contribution in [1.29, 1.82) is 0 Å². The van der Waals surface area contributed by atoms with E-state index in [1.807, 2.05) is 0 Å². The Morgan fingerprint density at radius 3 is 1.59 bits per heavy atom. The van der Waals surface area contributed by atoms with Crippen molar-refractivity contribution in [2.24, 2.45) is 0 Å². The minimum atomic E-state index is -4.61. The van der Waals surface area contributed by atoms with Gasteiger partial charge in [0.25, 0.3) is 10.1 Å². The first-order valence-corrected chi connectivity index (χ1v) is 23.6. The molecule has 1 aliphatic heterocycles. The number of carbonyl (C=O) groups is 2. The van der Waals surface area contributed by atoms with Crippen molar-refractivity contribution >= 4 is 22.1 Å². The molecule has 6 atom stereocenters. The molecule has 0 aliphatic carbocycles. The largest absolute Gasteiger partial charge is 0.462 e. The average Bonchev–Trinajstić information content (AvgIpc) is 3.20. The van der Waals surface area contributed by atoms with E-state index in [1.165, 1.54) is 12.8 Å². The number of ether oxygens (including phenoxy) is 4. The predicted molar refractivity (Wildman–Crippen MR) is 233 cm³/mol. The molecule has 0 aromatic rings. The maximum atomic E-state index is 12.8.